The van der Waals surface area contributed by atoms with Crippen molar-refractivity contribution in [1.29, 1.82) is 0 Å². The van der Waals surface area contributed by atoms with Gasteiger partial charge in [0.1, 0.15) is 0 Å². The maximum absolute atomic E-state index is 3.52. The first-order chi connectivity index (χ1) is 8.33. The van der Waals surface area contributed by atoms with E-state index in [1.807, 2.05) is 0 Å². The van der Waals surface area contributed by atoms with Crippen LogP contribution >= 0.6 is 0 Å². The van der Waals surface area contributed by atoms with Crippen LogP contribution in [0.25, 0.3) is 10.8 Å². The Bertz CT molecular complexity index is 518. The maximum Gasteiger partial charge on any atom is 0.00445 e. The summed E-state index contributed by atoms with van der Waals surface area (Å²) in [5, 5.41) is 6.24. The molecular formula is C16H19N. The van der Waals surface area contributed by atoms with E-state index in [4.69, 9.17) is 0 Å². The molecular weight excluding hydrogens is 206 g/mol. The zero-order valence-electron chi connectivity index (χ0n) is 10.3. The molecule has 1 nitrogen and oxygen atoms in total. The van der Waals surface area contributed by atoms with Gasteiger partial charge in [0, 0.05) is 6.04 Å². The normalized spacial score (nSPS) is 25.0. The first kappa shape index (κ1) is 10.8. The summed E-state index contributed by atoms with van der Waals surface area (Å²) >= 11 is 0. The van der Waals surface area contributed by atoms with Crippen LogP contribution in [0, 0.1) is 0 Å². The van der Waals surface area contributed by atoms with E-state index in [0.29, 0.717) is 6.04 Å². The SMILES string of the molecule is CC1CC(c2ccc3ccccc3c2)CCN1. The lowest BCUT2D eigenvalue weighted by Crippen LogP contribution is -2.34. The number of hydrogen-bond acceptors (Lipinski definition) is 1. The largest absolute Gasteiger partial charge is 0.314 e. The molecule has 0 radical (unpaired) electrons. The van der Waals surface area contributed by atoms with Crippen LogP contribution in [0.5, 0.6) is 0 Å². The van der Waals surface area contributed by atoms with Crippen molar-refractivity contribution in [3.63, 3.8) is 0 Å². The van der Waals surface area contributed by atoms with E-state index in [1.165, 1.54) is 29.2 Å². The highest BCUT2D eigenvalue weighted by Crippen LogP contribution is 2.29. The molecule has 1 aliphatic heterocycles. The van der Waals surface area contributed by atoms with E-state index < -0.39 is 0 Å². The van der Waals surface area contributed by atoms with Crippen LogP contribution in [0.4, 0.5) is 0 Å². The molecule has 2 unspecified atom stereocenters. The lowest BCUT2D eigenvalue weighted by Gasteiger charge is -2.28. The minimum absolute atomic E-state index is 0.653. The van der Waals surface area contributed by atoms with Gasteiger partial charge in [-0.2, -0.15) is 0 Å². The van der Waals surface area contributed by atoms with Gasteiger partial charge in [0.2, 0.25) is 0 Å². The van der Waals surface area contributed by atoms with Crippen molar-refractivity contribution in [2.24, 2.45) is 0 Å². The average molecular weight is 225 g/mol. The molecule has 0 bridgehead atoms. The predicted octanol–water partition coefficient (Wildman–Crippen LogP) is 3.70. The molecule has 1 heterocycles. The van der Waals surface area contributed by atoms with E-state index in [-0.39, 0.29) is 0 Å². The van der Waals surface area contributed by atoms with Gasteiger partial charge in [0.05, 0.1) is 0 Å². The van der Waals surface area contributed by atoms with Crippen LogP contribution in [0.2, 0.25) is 0 Å². The highest BCUT2D eigenvalue weighted by atomic mass is 14.9. The number of fused-ring (bicyclic) bond motifs is 1. The van der Waals surface area contributed by atoms with E-state index >= 15 is 0 Å². The Morgan fingerprint density at radius 2 is 1.88 bits per heavy atom. The summed E-state index contributed by atoms with van der Waals surface area (Å²) in [6.07, 6.45) is 2.53. The third kappa shape index (κ3) is 2.20. The fraction of sp³-hybridized carbons (Fsp3) is 0.375. The monoisotopic (exact) mass is 225 g/mol. The smallest absolute Gasteiger partial charge is 0.00445 e. The number of rotatable bonds is 1. The average Bonchev–Trinajstić information content (AvgIpc) is 2.38. The Morgan fingerprint density at radius 1 is 1.06 bits per heavy atom. The van der Waals surface area contributed by atoms with Gasteiger partial charge in [-0.25, -0.2) is 0 Å². The molecule has 2 aromatic carbocycles. The molecule has 2 aromatic rings. The second kappa shape index (κ2) is 4.50. The van der Waals surface area contributed by atoms with Crippen molar-refractivity contribution >= 4 is 10.8 Å². The third-order valence-electron chi connectivity index (χ3n) is 3.87. The van der Waals surface area contributed by atoms with Crippen LogP contribution < -0.4 is 5.32 Å². The standard InChI is InChI=1S/C16H19N/c1-12-10-16(8-9-17-12)15-7-6-13-4-2-3-5-14(13)11-15/h2-7,11-12,16-17H,8-10H2,1H3. The fourth-order valence-corrected chi connectivity index (χ4v) is 2.90. The molecule has 0 aromatic heterocycles. The molecule has 0 aliphatic carbocycles. The summed E-state index contributed by atoms with van der Waals surface area (Å²) in [5.41, 5.74) is 1.51. The lowest BCUT2D eigenvalue weighted by molar-refractivity contribution is 0.381. The van der Waals surface area contributed by atoms with Crippen LogP contribution in [0.1, 0.15) is 31.2 Å². The number of nitrogens with one attached hydrogen (secondary N) is 1. The molecule has 0 spiro atoms. The maximum atomic E-state index is 3.52. The highest BCUT2D eigenvalue weighted by Gasteiger charge is 2.19. The molecule has 0 amide bonds. The van der Waals surface area contributed by atoms with Gasteiger partial charge < -0.3 is 5.32 Å². The Kier molecular flexibility index (Phi) is 2.86. The van der Waals surface area contributed by atoms with Gasteiger partial charge in [-0.05, 0) is 48.6 Å². The minimum Gasteiger partial charge on any atom is -0.314 e. The van der Waals surface area contributed by atoms with Gasteiger partial charge in [-0.15, -0.1) is 0 Å². The predicted molar refractivity (Wildman–Crippen MR) is 73.4 cm³/mol. The molecule has 3 rings (SSSR count). The lowest BCUT2D eigenvalue weighted by atomic mass is 9.86. The molecule has 1 fully saturated rings. The van der Waals surface area contributed by atoms with Crippen molar-refractivity contribution in [3.05, 3.63) is 48.0 Å². The van der Waals surface area contributed by atoms with E-state index in [2.05, 4.69) is 54.7 Å². The zero-order chi connectivity index (χ0) is 11.7. The summed E-state index contributed by atoms with van der Waals surface area (Å²) < 4.78 is 0. The topological polar surface area (TPSA) is 12.0 Å². The number of piperidine rings is 1. The Labute approximate surface area is 103 Å². The van der Waals surface area contributed by atoms with Gasteiger partial charge in [-0.1, -0.05) is 42.5 Å². The van der Waals surface area contributed by atoms with Gasteiger partial charge in [0.15, 0.2) is 0 Å². The molecule has 0 saturated carbocycles. The van der Waals surface area contributed by atoms with Gasteiger partial charge in [-0.3, -0.25) is 0 Å². The Morgan fingerprint density at radius 3 is 2.71 bits per heavy atom. The second-order valence-corrected chi connectivity index (χ2v) is 5.18. The van der Waals surface area contributed by atoms with E-state index in [0.717, 1.165) is 12.5 Å². The summed E-state index contributed by atoms with van der Waals surface area (Å²) in [7, 11) is 0. The molecule has 1 aliphatic rings. The Balaban J connectivity index is 1.94. The Hall–Kier alpha value is -1.34. The van der Waals surface area contributed by atoms with Gasteiger partial charge in [0.25, 0.3) is 0 Å². The summed E-state index contributed by atoms with van der Waals surface area (Å²) in [5.74, 6) is 0.732. The van der Waals surface area contributed by atoms with Crippen LogP contribution in [-0.4, -0.2) is 12.6 Å². The van der Waals surface area contributed by atoms with Crippen LogP contribution in [-0.2, 0) is 0 Å². The molecule has 1 heteroatoms. The number of hydrogen-bond donors (Lipinski definition) is 1. The molecule has 1 saturated heterocycles. The van der Waals surface area contributed by atoms with Crippen LogP contribution in [0.3, 0.4) is 0 Å². The summed E-state index contributed by atoms with van der Waals surface area (Å²) in [4.78, 5) is 0. The van der Waals surface area contributed by atoms with Crippen molar-refractivity contribution < 1.29 is 0 Å². The molecule has 1 N–H and O–H groups in total. The first-order valence-corrected chi connectivity index (χ1v) is 6.55. The van der Waals surface area contributed by atoms with Crippen molar-refractivity contribution in [1.82, 2.24) is 5.32 Å². The molecule has 2 atom stereocenters. The van der Waals surface area contributed by atoms with Crippen molar-refractivity contribution in [3.8, 4) is 0 Å². The molecule has 88 valence electrons. The van der Waals surface area contributed by atoms with E-state index in [1.54, 1.807) is 0 Å². The van der Waals surface area contributed by atoms with E-state index in [9.17, 15) is 0 Å². The highest BCUT2D eigenvalue weighted by molar-refractivity contribution is 5.83. The summed E-state index contributed by atoms with van der Waals surface area (Å²) in [6, 6.07) is 16.2. The first-order valence-electron chi connectivity index (χ1n) is 6.55. The van der Waals surface area contributed by atoms with Gasteiger partial charge >= 0.3 is 0 Å². The quantitative estimate of drug-likeness (QED) is 0.780. The third-order valence-corrected chi connectivity index (χ3v) is 3.87. The van der Waals surface area contributed by atoms with Crippen molar-refractivity contribution in [2.75, 3.05) is 6.54 Å². The molecule has 17 heavy (non-hydrogen) atoms. The number of benzene rings is 2. The minimum atomic E-state index is 0.653. The second-order valence-electron chi connectivity index (χ2n) is 5.18. The fourth-order valence-electron chi connectivity index (χ4n) is 2.90. The van der Waals surface area contributed by atoms with Crippen molar-refractivity contribution in [2.45, 2.75) is 31.7 Å². The zero-order valence-corrected chi connectivity index (χ0v) is 10.3. The summed E-state index contributed by atoms with van der Waals surface area (Å²) in [6.45, 7) is 3.44. The van der Waals surface area contributed by atoms with Crippen LogP contribution in [0.15, 0.2) is 42.5 Å².